The van der Waals surface area contributed by atoms with Crippen LogP contribution in [0.5, 0.6) is 0 Å². The summed E-state index contributed by atoms with van der Waals surface area (Å²) in [4.78, 5) is 18.2. The molecule has 1 aromatic rings. The van der Waals surface area contributed by atoms with Crippen molar-refractivity contribution in [2.45, 2.75) is 58.3 Å². The molecule has 122 valence electrons. The second-order valence-corrected chi connectivity index (χ2v) is 8.13. The molecule has 3 heteroatoms. The first-order valence-corrected chi connectivity index (χ1v) is 8.32. The summed E-state index contributed by atoms with van der Waals surface area (Å²) in [5.74, 6) is 0.723. The lowest BCUT2D eigenvalue weighted by atomic mass is 9.63. The molecule has 23 heavy (non-hydrogen) atoms. The molecule has 3 rings (SSSR count). The van der Waals surface area contributed by atoms with E-state index in [1.54, 1.807) is 11.9 Å². The van der Waals surface area contributed by atoms with Crippen LogP contribution in [0.15, 0.2) is 28.9 Å². The van der Waals surface area contributed by atoms with Crippen LogP contribution < -0.4 is 0 Å². The Balaban J connectivity index is 2.07. The number of rotatable bonds is 1. The number of carbonyl (C=O) groups excluding carboxylic acids is 1. The molecule has 1 aliphatic heterocycles. The quantitative estimate of drug-likeness (QED) is 0.713. The van der Waals surface area contributed by atoms with Gasteiger partial charge in [-0.15, -0.1) is 0 Å². The van der Waals surface area contributed by atoms with Gasteiger partial charge in [-0.1, -0.05) is 45.9 Å². The fourth-order valence-electron chi connectivity index (χ4n) is 3.56. The van der Waals surface area contributed by atoms with E-state index in [9.17, 15) is 4.79 Å². The summed E-state index contributed by atoms with van der Waals surface area (Å²) in [5.41, 5.74) is 4.82. The molecule has 0 aromatic heterocycles. The average molecular weight is 310 g/mol. The molecule has 0 atom stereocenters. The second kappa shape index (κ2) is 5.05. The lowest BCUT2D eigenvalue weighted by molar-refractivity contribution is -0.121. The maximum absolute atomic E-state index is 12.2. The van der Waals surface area contributed by atoms with Gasteiger partial charge in [-0.05, 0) is 53.4 Å². The molecular weight excluding hydrogens is 284 g/mol. The van der Waals surface area contributed by atoms with Crippen molar-refractivity contribution in [3.05, 3.63) is 40.6 Å². The molecule has 1 amide bonds. The van der Waals surface area contributed by atoms with Crippen LogP contribution in [0.2, 0.25) is 0 Å². The third-order valence-corrected chi connectivity index (χ3v) is 5.47. The van der Waals surface area contributed by atoms with Crippen LogP contribution >= 0.6 is 0 Å². The zero-order valence-corrected chi connectivity index (χ0v) is 15.0. The molecule has 0 N–H and O–H groups in total. The minimum Gasteiger partial charge on any atom is -0.298 e. The molecule has 0 bridgehead atoms. The fourth-order valence-corrected chi connectivity index (χ4v) is 3.56. The Morgan fingerprint density at radius 1 is 1.09 bits per heavy atom. The first kappa shape index (κ1) is 16.0. The lowest BCUT2D eigenvalue weighted by Gasteiger charge is -2.42. The Labute approximate surface area is 139 Å². The lowest BCUT2D eigenvalue weighted by Crippen LogP contribution is -2.33. The first-order chi connectivity index (χ1) is 10.6. The number of nitrogens with zero attached hydrogens (tertiary/aromatic N) is 2. The van der Waals surface area contributed by atoms with Crippen molar-refractivity contribution >= 4 is 17.8 Å². The van der Waals surface area contributed by atoms with Crippen molar-refractivity contribution in [2.24, 2.45) is 4.99 Å². The Bertz CT molecular complexity index is 738. The number of aliphatic imine (C=N–C) groups is 1. The first-order valence-electron chi connectivity index (χ1n) is 8.32. The summed E-state index contributed by atoms with van der Waals surface area (Å²) in [6, 6.07) is 6.60. The van der Waals surface area contributed by atoms with Gasteiger partial charge in [-0.2, -0.15) is 0 Å². The summed E-state index contributed by atoms with van der Waals surface area (Å²) in [6.07, 6.45) is 4.31. The Morgan fingerprint density at radius 3 is 2.26 bits per heavy atom. The van der Waals surface area contributed by atoms with E-state index < -0.39 is 0 Å². The predicted molar refractivity (Wildman–Crippen MR) is 95.6 cm³/mol. The standard InChI is InChI=1S/C20H26N2O/c1-13-21-17(18(23)22(13)6)12-14-7-8-15-16(11-14)20(4,5)10-9-19(15,2)3/h7-8,11-12H,9-10H2,1-6H3/b17-12-. The normalized spacial score (nSPS) is 23.9. The number of amides is 1. The summed E-state index contributed by atoms with van der Waals surface area (Å²) in [7, 11) is 1.76. The van der Waals surface area contributed by atoms with Crippen LogP contribution in [0, 0.1) is 0 Å². The molecule has 0 fully saturated rings. The molecule has 0 saturated carbocycles. The minimum absolute atomic E-state index is 0.0280. The van der Waals surface area contributed by atoms with E-state index in [0.717, 1.165) is 11.4 Å². The number of carbonyl (C=O) groups is 1. The van der Waals surface area contributed by atoms with Crippen molar-refractivity contribution in [3.63, 3.8) is 0 Å². The van der Waals surface area contributed by atoms with Crippen LogP contribution in [0.4, 0.5) is 0 Å². The van der Waals surface area contributed by atoms with Crippen molar-refractivity contribution in [1.82, 2.24) is 4.90 Å². The number of fused-ring (bicyclic) bond motifs is 1. The van der Waals surface area contributed by atoms with Gasteiger partial charge in [0.1, 0.15) is 11.5 Å². The topological polar surface area (TPSA) is 32.7 Å². The number of hydrogen-bond acceptors (Lipinski definition) is 2. The number of likely N-dealkylation sites (N-methyl/N-ethyl adjacent to an activating group) is 1. The van der Waals surface area contributed by atoms with Crippen LogP contribution in [-0.4, -0.2) is 23.7 Å². The highest BCUT2D eigenvalue weighted by molar-refractivity contribution is 6.13. The minimum atomic E-state index is -0.0280. The van der Waals surface area contributed by atoms with E-state index in [0.29, 0.717) is 5.70 Å². The van der Waals surface area contributed by atoms with Gasteiger partial charge < -0.3 is 0 Å². The maximum atomic E-state index is 12.2. The van der Waals surface area contributed by atoms with Gasteiger partial charge in [0.2, 0.25) is 0 Å². The van der Waals surface area contributed by atoms with Gasteiger partial charge in [-0.3, -0.25) is 9.69 Å². The Morgan fingerprint density at radius 2 is 1.70 bits per heavy atom. The average Bonchev–Trinajstić information content (AvgIpc) is 2.71. The Hall–Kier alpha value is -1.90. The van der Waals surface area contributed by atoms with Crippen LogP contribution in [0.3, 0.4) is 0 Å². The monoisotopic (exact) mass is 310 g/mol. The van der Waals surface area contributed by atoms with E-state index in [-0.39, 0.29) is 16.7 Å². The van der Waals surface area contributed by atoms with Gasteiger partial charge in [0.15, 0.2) is 0 Å². The molecule has 1 heterocycles. The third kappa shape index (κ3) is 2.62. The van der Waals surface area contributed by atoms with Crippen molar-refractivity contribution in [1.29, 1.82) is 0 Å². The molecule has 3 nitrogen and oxygen atoms in total. The molecular formula is C20H26N2O. The van der Waals surface area contributed by atoms with Gasteiger partial charge in [0.05, 0.1) is 0 Å². The zero-order chi connectivity index (χ0) is 17.0. The van der Waals surface area contributed by atoms with E-state index in [2.05, 4.69) is 50.9 Å². The highest BCUT2D eigenvalue weighted by Gasteiger charge is 2.36. The van der Waals surface area contributed by atoms with Gasteiger partial charge in [-0.25, -0.2) is 4.99 Å². The molecule has 0 radical (unpaired) electrons. The van der Waals surface area contributed by atoms with Crippen molar-refractivity contribution < 1.29 is 4.79 Å². The SMILES string of the molecule is CC1=N/C(=C\c2ccc3c(c2)C(C)(C)CCC3(C)C)C(=O)N1C. The zero-order valence-electron chi connectivity index (χ0n) is 15.0. The van der Waals surface area contributed by atoms with Crippen LogP contribution in [0.1, 0.15) is 64.2 Å². The highest BCUT2D eigenvalue weighted by Crippen LogP contribution is 2.46. The smallest absolute Gasteiger partial charge is 0.277 e. The molecule has 1 aromatic carbocycles. The van der Waals surface area contributed by atoms with Gasteiger partial charge in [0.25, 0.3) is 5.91 Å². The number of benzene rings is 1. The predicted octanol–water partition coefficient (Wildman–Crippen LogP) is 4.27. The van der Waals surface area contributed by atoms with E-state index >= 15 is 0 Å². The van der Waals surface area contributed by atoms with Gasteiger partial charge in [0, 0.05) is 7.05 Å². The maximum Gasteiger partial charge on any atom is 0.277 e. The van der Waals surface area contributed by atoms with Crippen molar-refractivity contribution in [2.75, 3.05) is 7.05 Å². The summed E-state index contributed by atoms with van der Waals surface area (Å²) >= 11 is 0. The van der Waals surface area contributed by atoms with Crippen LogP contribution in [0.25, 0.3) is 6.08 Å². The van der Waals surface area contributed by atoms with E-state index in [1.807, 2.05) is 13.0 Å². The molecule has 0 unspecified atom stereocenters. The molecule has 0 spiro atoms. The van der Waals surface area contributed by atoms with Gasteiger partial charge >= 0.3 is 0 Å². The molecule has 1 aliphatic carbocycles. The largest absolute Gasteiger partial charge is 0.298 e. The van der Waals surface area contributed by atoms with Crippen LogP contribution in [-0.2, 0) is 15.6 Å². The van der Waals surface area contributed by atoms with Crippen molar-refractivity contribution in [3.8, 4) is 0 Å². The molecule has 0 saturated heterocycles. The second-order valence-electron chi connectivity index (χ2n) is 8.13. The Kier molecular flexibility index (Phi) is 3.51. The fraction of sp³-hybridized carbons (Fsp3) is 0.500. The number of hydrogen-bond donors (Lipinski definition) is 0. The summed E-state index contributed by atoms with van der Waals surface area (Å²) < 4.78 is 0. The van der Waals surface area contributed by atoms with E-state index in [1.165, 1.54) is 24.0 Å². The third-order valence-electron chi connectivity index (χ3n) is 5.47. The summed E-state index contributed by atoms with van der Waals surface area (Å²) in [5, 5.41) is 0. The number of amidine groups is 1. The summed E-state index contributed by atoms with van der Waals surface area (Å²) in [6.45, 7) is 11.1. The highest BCUT2D eigenvalue weighted by atomic mass is 16.2. The van der Waals surface area contributed by atoms with E-state index in [4.69, 9.17) is 0 Å². The molecule has 2 aliphatic rings.